The van der Waals surface area contributed by atoms with E-state index in [9.17, 15) is 0 Å². The van der Waals surface area contributed by atoms with E-state index in [1.807, 2.05) is 25.3 Å². The minimum absolute atomic E-state index is 0.347. The van der Waals surface area contributed by atoms with Crippen LogP contribution >= 0.6 is 0 Å². The van der Waals surface area contributed by atoms with Crippen LogP contribution in [-0.2, 0) is 6.42 Å². The van der Waals surface area contributed by atoms with Crippen LogP contribution in [0.1, 0.15) is 36.3 Å². The van der Waals surface area contributed by atoms with Crippen molar-refractivity contribution in [2.45, 2.75) is 32.7 Å². The standard InChI is InChI=1S/C17H23NO2/c1-4-18-17(15-11-13(2)20-12-15)10-7-14-5-8-16(19-3)9-6-14/h5-6,8-9,11-12,17-18H,4,7,10H2,1-3H3. The van der Waals surface area contributed by atoms with Crippen LogP contribution in [0.4, 0.5) is 0 Å². The third-order valence-corrected chi connectivity index (χ3v) is 3.48. The van der Waals surface area contributed by atoms with Gasteiger partial charge in [0.2, 0.25) is 0 Å². The molecule has 2 aromatic rings. The summed E-state index contributed by atoms with van der Waals surface area (Å²) in [4.78, 5) is 0. The summed E-state index contributed by atoms with van der Waals surface area (Å²) in [5.41, 5.74) is 2.56. The van der Waals surface area contributed by atoms with E-state index < -0.39 is 0 Å². The largest absolute Gasteiger partial charge is 0.497 e. The lowest BCUT2D eigenvalue weighted by atomic mass is 10.0. The third kappa shape index (κ3) is 3.87. The van der Waals surface area contributed by atoms with Crippen LogP contribution in [0.2, 0.25) is 0 Å². The van der Waals surface area contributed by atoms with Crippen molar-refractivity contribution in [3.05, 3.63) is 53.5 Å². The number of aryl methyl sites for hydroxylation is 2. The SMILES string of the molecule is CCNC(CCc1ccc(OC)cc1)c1coc(C)c1. The highest BCUT2D eigenvalue weighted by molar-refractivity contribution is 5.27. The maximum absolute atomic E-state index is 5.42. The molecule has 0 radical (unpaired) electrons. The predicted octanol–water partition coefficient (Wildman–Crippen LogP) is 3.88. The molecule has 20 heavy (non-hydrogen) atoms. The van der Waals surface area contributed by atoms with Gasteiger partial charge in [0.15, 0.2) is 0 Å². The quantitative estimate of drug-likeness (QED) is 0.831. The fourth-order valence-corrected chi connectivity index (χ4v) is 2.38. The molecular weight excluding hydrogens is 250 g/mol. The first-order chi connectivity index (χ1) is 9.72. The highest BCUT2D eigenvalue weighted by atomic mass is 16.5. The second kappa shape index (κ2) is 7.15. The van der Waals surface area contributed by atoms with Gasteiger partial charge >= 0.3 is 0 Å². The van der Waals surface area contributed by atoms with Crippen molar-refractivity contribution in [3.8, 4) is 5.75 Å². The number of methoxy groups -OCH3 is 1. The van der Waals surface area contributed by atoms with Crippen molar-refractivity contribution in [1.29, 1.82) is 0 Å². The molecule has 3 heteroatoms. The average Bonchev–Trinajstić information content (AvgIpc) is 2.90. The van der Waals surface area contributed by atoms with Gasteiger partial charge in [0.25, 0.3) is 0 Å². The molecule has 1 aromatic carbocycles. The van der Waals surface area contributed by atoms with Crippen molar-refractivity contribution in [2.75, 3.05) is 13.7 Å². The molecule has 1 N–H and O–H groups in total. The first-order valence-corrected chi connectivity index (χ1v) is 7.14. The Balaban J connectivity index is 1.97. The number of rotatable bonds is 7. The molecule has 108 valence electrons. The predicted molar refractivity (Wildman–Crippen MR) is 81.2 cm³/mol. The summed E-state index contributed by atoms with van der Waals surface area (Å²) in [6.45, 7) is 5.07. The molecule has 1 atom stereocenters. The van der Waals surface area contributed by atoms with Crippen molar-refractivity contribution in [3.63, 3.8) is 0 Å². The lowest BCUT2D eigenvalue weighted by Gasteiger charge is -2.16. The number of hydrogen-bond acceptors (Lipinski definition) is 3. The number of nitrogens with one attached hydrogen (secondary N) is 1. The number of furan rings is 1. The molecule has 0 aliphatic heterocycles. The van der Waals surface area contributed by atoms with Gasteiger partial charge in [-0.3, -0.25) is 0 Å². The van der Waals surface area contributed by atoms with E-state index in [1.54, 1.807) is 7.11 Å². The van der Waals surface area contributed by atoms with Gasteiger partial charge in [-0.25, -0.2) is 0 Å². The summed E-state index contributed by atoms with van der Waals surface area (Å²) < 4.78 is 10.6. The van der Waals surface area contributed by atoms with Gasteiger partial charge in [0, 0.05) is 11.6 Å². The summed E-state index contributed by atoms with van der Waals surface area (Å²) in [6, 6.07) is 10.7. The van der Waals surface area contributed by atoms with Crippen LogP contribution in [0.25, 0.3) is 0 Å². The minimum Gasteiger partial charge on any atom is -0.497 e. The Hall–Kier alpha value is -1.74. The van der Waals surface area contributed by atoms with Crippen LogP contribution in [0.5, 0.6) is 5.75 Å². The summed E-state index contributed by atoms with van der Waals surface area (Å²) in [6.07, 6.45) is 3.95. The molecule has 0 aliphatic rings. The molecule has 3 nitrogen and oxygen atoms in total. The Morgan fingerprint density at radius 3 is 2.55 bits per heavy atom. The maximum Gasteiger partial charge on any atom is 0.118 e. The molecule has 0 bridgehead atoms. The van der Waals surface area contributed by atoms with Gasteiger partial charge in [-0.15, -0.1) is 0 Å². The minimum atomic E-state index is 0.347. The lowest BCUT2D eigenvalue weighted by Crippen LogP contribution is -2.21. The molecule has 0 saturated heterocycles. The van der Waals surface area contributed by atoms with Gasteiger partial charge in [-0.05, 0) is 50.1 Å². The molecular formula is C17H23NO2. The molecule has 1 heterocycles. The Morgan fingerprint density at radius 1 is 1.25 bits per heavy atom. The van der Waals surface area contributed by atoms with Crippen LogP contribution in [0, 0.1) is 6.92 Å². The molecule has 0 aliphatic carbocycles. The van der Waals surface area contributed by atoms with Gasteiger partial charge in [-0.1, -0.05) is 19.1 Å². The number of benzene rings is 1. The van der Waals surface area contributed by atoms with E-state index in [4.69, 9.17) is 9.15 Å². The normalized spacial score (nSPS) is 12.3. The second-order valence-electron chi connectivity index (χ2n) is 4.99. The number of hydrogen-bond donors (Lipinski definition) is 1. The summed E-state index contributed by atoms with van der Waals surface area (Å²) in [5, 5.41) is 3.52. The van der Waals surface area contributed by atoms with Gasteiger partial charge in [-0.2, -0.15) is 0 Å². The highest BCUT2D eigenvalue weighted by Gasteiger charge is 2.12. The van der Waals surface area contributed by atoms with E-state index in [0.29, 0.717) is 6.04 Å². The van der Waals surface area contributed by atoms with Crippen LogP contribution in [-0.4, -0.2) is 13.7 Å². The third-order valence-electron chi connectivity index (χ3n) is 3.48. The van der Waals surface area contributed by atoms with Crippen molar-refractivity contribution >= 4 is 0 Å². The molecule has 0 saturated carbocycles. The van der Waals surface area contributed by atoms with E-state index in [-0.39, 0.29) is 0 Å². The monoisotopic (exact) mass is 273 g/mol. The van der Waals surface area contributed by atoms with E-state index >= 15 is 0 Å². The zero-order valence-electron chi connectivity index (χ0n) is 12.5. The van der Waals surface area contributed by atoms with Crippen LogP contribution in [0.15, 0.2) is 41.0 Å². The van der Waals surface area contributed by atoms with Crippen molar-refractivity contribution < 1.29 is 9.15 Å². The molecule has 0 spiro atoms. The number of ether oxygens (including phenoxy) is 1. The first-order valence-electron chi connectivity index (χ1n) is 7.14. The Labute approximate surface area is 121 Å². The Bertz CT molecular complexity index is 516. The van der Waals surface area contributed by atoms with Gasteiger partial charge in [0.05, 0.1) is 13.4 Å². The van der Waals surface area contributed by atoms with E-state index in [1.165, 1.54) is 11.1 Å². The van der Waals surface area contributed by atoms with Crippen LogP contribution < -0.4 is 10.1 Å². The fourth-order valence-electron chi connectivity index (χ4n) is 2.38. The molecule has 0 fully saturated rings. The summed E-state index contributed by atoms with van der Waals surface area (Å²) >= 11 is 0. The second-order valence-corrected chi connectivity index (χ2v) is 4.99. The topological polar surface area (TPSA) is 34.4 Å². The highest BCUT2D eigenvalue weighted by Crippen LogP contribution is 2.22. The Morgan fingerprint density at radius 2 is 2.00 bits per heavy atom. The van der Waals surface area contributed by atoms with Crippen LogP contribution in [0.3, 0.4) is 0 Å². The zero-order valence-corrected chi connectivity index (χ0v) is 12.5. The first kappa shape index (κ1) is 14.7. The van der Waals surface area contributed by atoms with Gasteiger partial charge < -0.3 is 14.5 Å². The van der Waals surface area contributed by atoms with Crippen molar-refractivity contribution in [2.24, 2.45) is 0 Å². The molecule has 0 amide bonds. The summed E-state index contributed by atoms with van der Waals surface area (Å²) in [5.74, 6) is 1.87. The average molecular weight is 273 g/mol. The molecule has 1 aromatic heterocycles. The summed E-state index contributed by atoms with van der Waals surface area (Å²) in [7, 11) is 1.69. The molecule has 1 unspecified atom stereocenters. The van der Waals surface area contributed by atoms with E-state index in [2.05, 4.69) is 30.4 Å². The molecule has 2 rings (SSSR count). The lowest BCUT2D eigenvalue weighted by molar-refractivity contribution is 0.414. The van der Waals surface area contributed by atoms with Gasteiger partial charge in [0.1, 0.15) is 11.5 Å². The van der Waals surface area contributed by atoms with Crippen molar-refractivity contribution in [1.82, 2.24) is 5.32 Å². The zero-order chi connectivity index (χ0) is 14.4. The smallest absolute Gasteiger partial charge is 0.118 e. The van der Waals surface area contributed by atoms with E-state index in [0.717, 1.165) is 30.9 Å². The Kier molecular flexibility index (Phi) is 5.24. The fraction of sp³-hybridized carbons (Fsp3) is 0.412. The maximum atomic E-state index is 5.42.